The number of piperazine rings is 1. The highest BCUT2D eigenvalue weighted by molar-refractivity contribution is 5.82. The van der Waals surface area contributed by atoms with E-state index in [1.165, 1.54) is 0 Å². The molecule has 0 saturated carbocycles. The number of nitrogens with zero attached hydrogens (tertiary/aromatic N) is 4. The van der Waals surface area contributed by atoms with E-state index in [2.05, 4.69) is 27.4 Å². The summed E-state index contributed by atoms with van der Waals surface area (Å²) >= 11 is 0. The summed E-state index contributed by atoms with van der Waals surface area (Å²) in [5, 5.41) is 0. The van der Waals surface area contributed by atoms with E-state index in [9.17, 15) is 4.79 Å². The molecule has 5 heteroatoms. The number of likely N-dealkylation sites (N-methyl/N-ethyl adjacent to an activating group) is 1. The minimum Gasteiger partial charge on any atom is -0.343 e. The van der Waals surface area contributed by atoms with Crippen molar-refractivity contribution in [2.45, 2.75) is 38.8 Å². The van der Waals surface area contributed by atoms with Crippen LogP contribution in [0, 0.1) is 0 Å². The third kappa shape index (κ3) is 3.39. The summed E-state index contributed by atoms with van der Waals surface area (Å²) in [6, 6.07) is 8.24. The molecule has 3 rings (SSSR count). The minimum absolute atomic E-state index is 0.0449. The van der Waals surface area contributed by atoms with E-state index in [-0.39, 0.29) is 11.9 Å². The molecule has 1 amide bonds. The van der Waals surface area contributed by atoms with Crippen LogP contribution in [0.15, 0.2) is 30.6 Å². The van der Waals surface area contributed by atoms with Gasteiger partial charge in [0.05, 0.1) is 23.4 Å². The van der Waals surface area contributed by atoms with E-state index in [1.54, 1.807) is 0 Å². The number of aromatic nitrogens is 2. The number of amides is 1. The zero-order valence-electron chi connectivity index (χ0n) is 14.1. The number of carbonyl (C=O) groups is 1. The first-order valence-electron chi connectivity index (χ1n) is 8.59. The van der Waals surface area contributed by atoms with E-state index in [0.29, 0.717) is 0 Å². The zero-order valence-corrected chi connectivity index (χ0v) is 14.1. The van der Waals surface area contributed by atoms with Crippen LogP contribution in [0.25, 0.3) is 11.0 Å². The fraction of sp³-hybridized carbons (Fsp3) is 0.556. The molecule has 0 spiro atoms. The van der Waals surface area contributed by atoms with Crippen molar-refractivity contribution < 1.29 is 4.79 Å². The second kappa shape index (κ2) is 7.13. The molecule has 1 atom stereocenters. The van der Waals surface area contributed by atoms with Gasteiger partial charge in [-0.3, -0.25) is 9.69 Å². The van der Waals surface area contributed by atoms with E-state index >= 15 is 0 Å². The summed E-state index contributed by atoms with van der Waals surface area (Å²) < 4.78 is 2.19. The Kier molecular flexibility index (Phi) is 4.96. The summed E-state index contributed by atoms with van der Waals surface area (Å²) in [4.78, 5) is 21.2. The SMILES string of the molecule is CCCC[C@H]1C(=O)N(C)CCN1CCn1cnc2ccccc21. The molecule has 5 nitrogen and oxygen atoms in total. The Morgan fingerprint density at radius 1 is 1.22 bits per heavy atom. The minimum atomic E-state index is 0.0449. The van der Waals surface area contributed by atoms with Crippen LogP contribution in [0.5, 0.6) is 0 Å². The molecule has 2 aromatic rings. The number of para-hydroxylation sites is 2. The molecule has 124 valence electrons. The van der Waals surface area contributed by atoms with Crippen molar-refractivity contribution in [3.8, 4) is 0 Å². The molecule has 2 heterocycles. The van der Waals surface area contributed by atoms with Crippen LogP contribution in [0.1, 0.15) is 26.2 Å². The molecule has 1 aliphatic heterocycles. The van der Waals surface area contributed by atoms with Gasteiger partial charge in [0.1, 0.15) is 0 Å². The first-order valence-corrected chi connectivity index (χ1v) is 8.59. The lowest BCUT2D eigenvalue weighted by Gasteiger charge is -2.39. The van der Waals surface area contributed by atoms with Gasteiger partial charge in [0.25, 0.3) is 0 Å². The summed E-state index contributed by atoms with van der Waals surface area (Å²) in [6.45, 7) is 5.74. The molecule has 0 aliphatic carbocycles. The second-order valence-electron chi connectivity index (χ2n) is 6.38. The van der Waals surface area contributed by atoms with Gasteiger partial charge in [-0.1, -0.05) is 31.9 Å². The molecule has 1 fully saturated rings. The summed E-state index contributed by atoms with van der Waals surface area (Å²) in [7, 11) is 1.92. The van der Waals surface area contributed by atoms with Crippen molar-refractivity contribution in [1.82, 2.24) is 19.4 Å². The number of benzene rings is 1. The van der Waals surface area contributed by atoms with Gasteiger partial charge < -0.3 is 9.47 Å². The first kappa shape index (κ1) is 16.0. The molecule has 0 unspecified atom stereocenters. The zero-order chi connectivity index (χ0) is 16.2. The smallest absolute Gasteiger partial charge is 0.239 e. The average Bonchev–Trinajstić information content (AvgIpc) is 2.98. The standard InChI is InChI=1S/C18H26N4O/c1-3-4-8-17-18(23)20(2)10-11-21(17)12-13-22-14-19-15-7-5-6-9-16(15)22/h5-7,9,14,17H,3-4,8,10-13H2,1-2H3/t17-/m0/s1. The number of hydrogen-bond donors (Lipinski definition) is 0. The van der Waals surface area contributed by atoms with Crippen LogP contribution in [-0.4, -0.2) is 58.0 Å². The molecule has 1 aromatic carbocycles. The van der Waals surface area contributed by atoms with E-state index in [1.807, 2.05) is 36.5 Å². The van der Waals surface area contributed by atoms with Crippen molar-refractivity contribution in [3.63, 3.8) is 0 Å². The summed E-state index contributed by atoms with van der Waals surface area (Å²) in [6.07, 6.45) is 5.11. The normalized spacial score (nSPS) is 19.7. The Hall–Kier alpha value is -1.88. The van der Waals surface area contributed by atoms with E-state index in [4.69, 9.17) is 0 Å². The number of unbranched alkanes of at least 4 members (excludes halogenated alkanes) is 1. The third-order valence-corrected chi connectivity index (χ3v) is 4.81. The van der Waals surface area contributed by atoms with Crippen molar-refractivity contribution in [3.05, 3.63) is 30.6 Å². The number of fused-ring (bicyclic) bond motifs is 1. The molecule has 0 radical (unpaired) electrons. The highest BCUT2D eigenvalue weighted by atomic mass is 16.2. The third-order valence-electron chi connectivity index (χ3n) is 4.81. The Morgan fingerprint density at radius 3 is 2.87 bits per heavy atom. The molecular weight excluding hydrogens is 288 g/mol. The van der Waals surface area contributed by atoms with Gasteiger partial charge in [-0.05, 0) is 18.6 Å². The van der Waals surface area contributed by atoms with Gasteiger partial charge in [-0.15, -0.1) is 0 Å². The Morgan fingerprint density at radius 2 is 2.04 bits per heavy atom. The fourth-order valence-electron chi connectivity index (χ4n) is 3.35. The van der Waals surface area contributed by atoms with Crippen LogP contribution in [0.3, 0.4) is 0 Å². The number of imidazole rings is 1. The number of rotatable bonds is 6. The van der Waals surface area contributed by atoms with Crippen LogP contribution >= 0.6 is 0 Å². The molecule has 1 saturated heterocycles. The summed E-state index contributed by atoms with van der Waals surface area (Å²) in [5.41, 5.74) is 2.20. The van der Waals surface area contributed by atoms with Crippen molar-refractivity contribution in [1.29, 1.82) is 0 Å². The molecule has 23 heavy (non-hydrogen) atoms. The van der Waals surface area contributed by atoms with Crippen molar-refractivity contribution in [2.24, 2.45) is 0 Å². The Balaban J connectivity index is 1.68. The second-order valence-corrected chi connectivity index (χ2v) is 6.38. The predicted octanol–water partition coefficient (Wildman–Crippen LogP) is 2.37. The molecule has 1 aliphatic rings. The van der Waals surface area contributed by atoms with E-state index < -0.39 is 0 Å². The highest BCUT2D eigenvalue weighted by Gasteiger charge is 2.32. The van der Waals surface area contributed by atoms with Gasteiger partial charge in [0.2, 0.25) is 5.91 Å². The molecule has 1 aromatic heterocycles. The van der Waals surface area contributed by atoms with Gasteiger partial charge in [-0.2, -0.15) is 0 Å². The highest BCUT2D eigenvalue weighted by Crippen LogP contribution is 2.17. The van der Waals surface area contributed by atoms with Crippen LogP contribution < -0.4 is 0 Å². The quantitative estimate of drug-likeness (QED) is 0.822. The molecule has 0 N–H and O–H groups in total. The maximum atomic E-state index is 12.5. The maximum absolute atomic E-state index is 12.5. The van der Waals surface area contributed by atoms with Crippen molar-refractivity contribution >= 4 is 16.9 Å². The Bertz CT molecular complexity index is 666. The topological polar surface area (TPSA) is 41.4 Å². The number of hydrogen-bond acceptors (Lipinski definition) is 3. The first-order chi connectivity index (χ1) is 11.2. The number of carbonyl (C=O) groups excluding carboxylic acids is 1. The van der Waals surface area contributed by atoms with Gasteiger partial charge in [0.15, 0.2) is 0 Å². The maximum Gasteiger partial charge on any atom is 0.239 e. The lowest BCUT2D eigenvalue weighted by Crippen LogP contribution is -2.56. The van der Waals surface area contributed by atoms with E-state index in [0.717, 1.165) is 56.5 Å². The molecular formula is C18H26N4O. The summed E-state index contributed by atoms with van der Waals surface area (Å²) in [5.74, 6) is 0.278. The monoisotopic (exact) mass is 314 g/mol. The lowest BCUT2D eigenvalue weighted by molar-refractivity contribution is -0.140. The van der Waals surface area contributed by atoms with Gasteiger partial charge >= 0.3 is 0 Å². The van der Waals surface area contributed by atoms with Crippen LogP contribution in [-0.2, 0) is 11.3 Å². The fourth-order valence-corrected chi connectivity index (χ4v) is 3.35. The van der Waals surface area contributed by atoms with Crippen LogP contribution in [0.4, 0.5) is 0 Å². The molecule has 0 bridgehead atoms. The lowest BCUT2D eigenvalue weighted by atomic mass is 10.0. The van der Waals surface area contributed by atoms with Gasteiger partial charge in [0, 0.05) is 33.2 Å². The predicted molar refractivity (Wildman–Crippen MR) is 92.3 cm³/mol. The largest absolute Gasteiger partial charge is 0.343 e. The van der Waals surface area contributed by atoms with Gasteiger partial charge in [-0.25, -0.2) is 4.98 Å². The van der Waals surface area contributed by atoms with Crippen LogP contribution in [0.2, 0.25) is 0 Å². The Labute approximate surface area is 137 Å². The van der Waals surface area contributed by atoms with Crippen molar-refractivity contribution in [2.75, 3.05) is 26.7 Å². The average molecular weight is 314 g/mol.